The van der Waals surface area contributed by atoms with Crippen LogP contribution in [0.1, 0.15) is 68.7 Å². The summed E-state index contributed by atoms with van der Waals surface area (Å²) in [6.07, 6.45) is 3.54. The van der Waals surface area contributed by atoms with Crippen LogP contribution < -0.4 is 9.88 Å². The Kier molecular flexibility index (Phi) is 9.68. The lowest BCUT2D eigenvalue weighted by Gasteiger charge is -2.32. The maximum Gasteiger partial charge on any atom is 0.410 e. The molecule has 0 bridgehead atoms. The van der Waals surface area contributed by atoms with E-state index in [4.69, 9.17) is 24.1 Å². The quantitative estimate of drug-likeness (QED) is 0.307. The molecule has 1 saturated heterocycles. The highest BCUT2D eigenvalue weighted by Crippen LogP contribution is 2.35. The number of amides is 1. The molecule has 0 radical (unpaired) electrons. The van der Waals surface area contributed by atoms with E-state index >= 15 is 0 Å². The Morgan fingerprint density at radius 3 is 2.73 bits per heavy atom. The van der Waals surface area contributed by atoms with Crippen LogP contribution in [0.3, 0.4) is 0 Å². The lowest BCUT2D eigenvalue weighted by atomic mass is 10.0. The van der Waals surface area contributed by atoms with Crippen LogP contribution in [-0.2, 0) is 30.8 Å². The number of ether oxygens (including phenoxy) is 4. The molecule has 2 heterocycles. The van der Waals surface area contributed by atoms with Crippen molar-refractivity contribution in [3.63, 3.8) is 0 Å². The molecule has 1 amide bonds. The predicted octanol–water partition coefficient (Wildman–Crippen LogP) is 4.63. The Balaban J connectivity index is 1.08. The van der Waals surface area contributed by atoms with Crippen molar-refractivity contribution in [2.75, 3.05) is 26.3 Å². The van der Waals surface area contributed by atoms with Gasteiger partial charge < -0.3 is 23.8 Å². The predicted molar refractivity (Wildman–Crippen MR) is 145 cm³/mol. The molecule has 2 N–H and O–H groups in total. The van der Waals surface area contributed by atoms with Gasteiger partial charge in [0.1, 0.15) is 17.7 Å². The Hall–Kier alpha value is -3.17. The number of carbonyl (C=O) groups is 1. The largest absolute Gasteiger partial charge is 0.463 e. The monoisotopic (exact) mass is 574 g/mol. The SMILES string of the molecule is CC1(C)OCc2cc(C3CN(CCCCCCOCCC#Cc4cc(F)cc(S(N)(=O)=O)c4)C(=O)O3)ccc2O1. The van der Waals surface area contributed by atoms with Crippen LogP contribution in [0.2, 0.25) is 0 Å². The molecule has 11 heteroatoms. The summed E-state index contributed by atoms with van der Waals surface area (Å²) in [6, 6.07) is 9.11. The molecule has 216 valence electrons. The Labute approximate surface area is 234 Å². The van der Waals surface area contributed by atoms with Crippen LogP contribution in [0.4, 0.5) is 9.18 Å². The standard InChI is InChI=1S/C29H35FN2O7S/c1-29(2)37-20-23-17-22(10-11-26(23)39-29)27-19-32(28(33)38-27)12-6-3-4-7-13-36-14-8-5-9-21-15-24(30)18-25(16-21)40(31,34)35/h10-11,15-18,27H,3-4,6-8,12-14,19-20H2,1-2H3,(H2,31,34,35). The number of halogens is 1. The van der Waals surface area contributed by atoms with E-state index in [9.17, 15) is 17.6 Å². The summed E-state index contributed by atoms with van der Waals surface area (Å²) >= 11 is 0. The van der Waals surface area contributed by atoms with E-state index in [1.165, 1.54) is 6.07 Å². The minimum Gasteiger partial charge on any atom is -0.463 e. The average molecular weight is 575 g/mol. The Morgan fingerprint density at radius 2 is 1.93 bits per heavy atom. The van der Waals surface area contributed by atoms with Gasteiger partial charge in [-0.3, -0.25) is 0 Å². The number of sulfonamides is 1. The highest BCUT2D eigenvalue weighted by Gasteiger charge is 2.33. The molecule has 9 nitrogen and oxygen atoms in total. The summed E-state index contributed by atoms with van der Waals surface area (Å²) in [5.74, 6) is 5.02. The maximum absolute atomic E-state index is 13.6. The van der Waals surface area contributed by atoms with E-state index in [1.54, 1.807) is 4.90 Å². The number of rotatable bonds is 11. The third-order valence-electron chi connectivity index (χ3n) is 6.55. The van der Waals surface area contributed by atoms with E-state index < -0.39 is 21.6 Å². The highest BCUT2D eigenvalue weighted by molar-refractivity contribution is 7.89. The van der Waals surface area contributed by atoms with Crippen molar-refractivity contribution in [1.29, 1.82) is 0 Å². The topological polar surface area (TPSA) is 117 Å². The normalized spacial score (nSPS) is 17.9. The molecular weight excluding hydrogens is 539 g/mol. The van der Waals surface area contributed by atoms with E-state index in [1.807, 2.05) is 32.0 Å². The number of cyclic esters (lactones) is 1. The van der Waals surface area contributed by atoms with Gasteiger partial charge >= 0.3 is 6.09 Å². The van der Waals surface area contributed by atoms with Gasteiger partial charge in [0.25, 0.3) is 0 Å². The minimum atomic E-state index is -3.99. The zero-order valence-corrected chi connectivity index (χ0v) is 23.6. The van der Waals surface area contributed by atoms with Crippen molar-refractivity contribution < 1.29 is 36.6 Å². The molecule has 40 heavy (non-hydrogen) atoms. The number of hydrogen-bond acceptors (Lipinski definition) is 7. The second-order valence-electron chi connectivity index (χ2n) is 10.3. The number of fused-ring (bicyclic) bond motifs is 1. The van der Waals surface area contributed by atoms with Gasteiger partial charge in [0, 0.05) is 44.5 Å². The van der Waals surface area contributed by atoms with Crippen molar-refractivity contribution in [2.45, 2.75) is 69.3 Å². The van der Waals surface area contributed by atoms with Gasteiger partial charge in [0.05, 0.1) is 24.7 Å². The number of hydrogen-bond donors (Lipinski definition) is 1. The first-order valence-electron chi connectivity index (χ1n) is 13.3. The van der Waals surface area contributed by atoms with E-state index in [2.05, 4.69) is 11.8 Å². The van der Waals surface area contributed by atoms with Crippen molar-refractivity contribution in [1.82, 2.24) is 4.90 Å². The van der Waals surface area contributed by atoms with Crippen molar-refractivity contribution in [3.05, 3.63) is 58.9 Å². The summed E-state index contributed by atoms with van der Waals surface area (Å²) in [5, 5.41) is 5.05. The first-order chi connectivity index (χ1) is 19.0. The molecule has 2 aromatic rings. The number of nitrogens with zero attached hydrogens (tertiary/aromatic N) is 1. The van der Waals surface area contributed by atoms with Crippen molar-refractivity contribution >= 4 is 16.1 Å². The fourth-order valence-corrected chi connectivity index (χ4v) is 5.04. The molecule has 2 aromatic carbocycles. The molecule has 0 saturated carbocycles. The molecule has 0 spiro atoms. The molecule has 1 fully saturated rings. The third kappa shape index (κ3) is 8.41. The van der Waals surface area contributed by atoms with Gasteiger partial charge in [0.15, 0.2) is 0 Å². The summed E-state index contributed by atoms with van der Waals surface area (Å²) in [4.78, 5) is 13.8. The van der Waals surface area contributed by atoms with Gasteiger partial charge in [-0.25, -0.2) is 22.7 Å². The highest BCUT2D eigenvalue weighted by atomic mass is 32.2. The van der Waals surface area contributed by atoms with E-state index in [-0.39, 0.29) is 22.7 Å². The van der Waals surface area contributed by atoms with E-state index in [0.717, 1.165) is 54.7 Å². The summed E-state index contributed by atoms with van der Waals surface area (Å²) in [7, 11) is -3.99. The first kappa shape index (κ1) is 29.8. The average Bonchev–Trinajstić information content (AvgIpc) is 3.26. The van der Waals surface area contributed by atoms with Crippen molar-refractivity contribution in [3.8, 4) is 17.6 Å². The third-order valence-corrected chi connectivity index (χ3v) is 7.44. The Bertz CT molecular complexity index is 1380. The molecular formula is C29H35FN2O7S. The van der Waals surface area contributed by atoms with Gasteiger partial charge in [-0.2, -0.15) is 0 Å². The van der Waals surface area contributed by atoms with Crippen LogP contribution in [0.15, 0.2) is 41.3 Å². The molecule has 0 aliphatic carbocycles. The number of nitrogens with two attached hydrogens (primary N) is 1. The summed E-state index contributed by atoms with van der Waals surface area (Å²) in [5.41, 5.74) is 2.13. The minimum absolute atomic E-state index is 0.244. The Morgan fingerprint density at radius 1 is 1.12 bits per heavy atom. The van der Waals surface area contributed by atoms with Crippen LogP contribution >= 0.6 is 0 Å². The van der Waals surface area contributed by atoms with Crippen LogP contribution in [0, 0.1) is 17.7 Å². The fraction of sp³-hybridized carbons (Fsp3) is 0.483. The number of carbonyl (C=O) groups excluding carboxylic acids is 1. The lowest BCUT2D eigenvalue weighted by molar-refractivity contribution is -0.180. The second-order valence-corrected chi connectivity index (χ2v) is 11.8. The number of primary sulfonamides is 1. The van der Waals surface area contributed by atoms with Gasteiger partial charge in [-0.15, -0.1) is 0 Å². The first-order valence-corrected chi connectivity index (χ1v) is 14.9. The smallest absolute Gasteiger partial charge is 0.410 e. The second kappa shape index (κ2) is 13.0. The molecule has 0 aromatic heterocycles. The summed E-state index contributed by atoms with van der Waals surface area (Å²) < 4.78 is 59.1. The molecule has 4 rings (SSSR count). The molecule has 2 aliphatic rings. The van der Waals surface area contributed by atoms with E-state index in [0.29, 0.717) is 39.3 Å². The number of benzene rings is 2. The molecule has 1 unspecified atom stereocenters. The fourth-order valence-electron chi connectivity index (χ4n) is 4.47. The van der Waals surface area contributed by atoms with Crippen LogP contribution in [0.25, 0.3) is 0 Å². The lowest BCUT2D eigenvalue weighted by Crippen LogP contribution is -2.35. The van der Waals surface area contributed by atoms with Crippen LogP contribution in [-0.4, -0.2) is 51.5 Å². The van der Waals surface area contributed by atoms with Gasteiger partial charge in [0.2, 0.25) is 15.8 Å². The zero-order valence-electron chi connectivity index (χ0n) is 22.8. The maximum atomic E-state index is 13.6. The molecule has 1 atom stereocenters. The molecule has 2 aliphatic heterocycles. The zero-order chi connectivity index (χ0) is 28.8. The van der Waals surface area contributed by atoms with Crippen LogP contribution in [0.5, 0.6) is 5.75 Å². The summed E-state index contributed by atoms with van der Waals surface area (Å²) in [6.45, 7) is 6.38. The van der Waals surface area contributed by atoms with Crippen molar-refractivity contribution in [2.24, 2.45) is 5.14 Å². The van der Waals surface area contributed by atoms with Gasteiger partial charge in [-0.1, -0.05) is 30.7 Å². The number of unbranched alkanes of at least 4 members (excludes halogenated alkanes) is 3. The van der Waals surface area contributed by atoms with Gasteiger partial charge in [-0.05, 0) is 48.7 Å².